The molecule has 5 heteroatoms. The molecule has 0 rings (SSSR count). The summed E-state index contributed by atoms with van der Waals surface area (Å²) in [6.45, 7) is 1.76. The number of hydrogen-bond acceptors (Lipinski definition) is 1. The molecule has 0 aliphatic heterocycles. The van der Waals surface area contributed by atoms with E-state index in [1.807, 2.05) is 0 Å². The molecule has 0 bridgehead atoms. The number of hydrogen-bond donors (Lipinski definition) is 0. The molecule has 0 heterocycles. The van der Waals surface area contributed by atoms with Crippen LogP contribution in [0.1, 0.15) is 6.92 Å². The van der Waals surface area contributed by atoms with Gasteiger partial charge in [-0.1, -0.05) is 45.8 Å². The summed E-state index contributed by atoms with van der Waals surface area (Å²) in [5, 5.41) is -0.445. The highest BCUT2D eigenvalue weighted by Crippen LogP contribution is 2.27. The third-order valence-corrected chi connectivity index (χ3v) is 3.24. The standard InChI is InChI=1S/C10H10BrCl3O/c1-10(14,4-5-11)9(13)3-2-8(6-12)7-15/h2-7,9H,1H3/b3-2+,5-4+,8-6+/t9-,10-/m0/s1. The average Bonchev–Trinajstić information content (AvgIpc) is 2.19. The highest BCUT2D eigenvalue weighted by atomic mass is 79.9. The summed E-state index contributed by atoms with van der Waals surface area (Å²) >= 11 is 20.7. The topological polar surface area (TPSA) is 17.1 Å². The Kier molecular flexibility index (Phi) is 7.62. The molecule has 2 atom stereocenters. The van der Waals surface area contributed by atoms with Crippen molar-refractivity contribution in [1.82, 2.24) is 0 Å². The predicted octanol–water partition coefficient (Wildman–Crippen LogP) is 4.38. The Bertz CT molecular complexity index is 295. The van der Waals surface area contributed by atoms with Crippen LogP contribution in [0.25, 0.3) is 0 Å². The summed E-state index contributed by atoms with van der Waals surface area (Å²) in [5.41, 5.74) is 1.52. The van der Waals surface area contributed by atoms with Crippen molar-refractivity contribution in [3.05, 3.63) is 34.3 Å². The van der Waals surface area contributed by atoms with Crippen molar-refractivity contribution in [2.45, 2.75) is 17.2 Å². The largest absolute Gasteiger partial charge is 0.298 e. The maximum Gasteiger partial charge on any atom is 0.150 e. The van der Waals surface area contributed by atoms with E-state index in [0.29, 0.717) is 11.9 Å². The molecular formula is C10H10BrCl3O. The summed E-state index contributed by atoms with van der Waals surface area (Å²) < 4.78 is 0. The number of carbonyl (C=O) groups is 1. The van der Waals surface area contributed by atoms with Crippen LogP contribution >= 0.6 is 50.7 Å². The molecule has 84 valence electrons. The first-order valence-corrected chi connectivity index (χ1v) is 6.19. The molecule has 0 aliphatic carbocycles. The first-order valence-electron chi connectivity index (χ1n) is 4.02. The highest BCUT2D eigenvalue weighted by Gasteiger charge is 2.25. The molecule has 0 saturated heterocycles. The Balaban J connectivity index is 4.61. The van der Waals surface area contributed by atoms with Gasteiger partial charge in [-0.25, -0.2) is 0 Å². The maximum absolute atomic E-state index is 10.4. The summed E-state index contributed by atoms with van der Waals surface area (Å²) in [7, 11) is 0. The Morgan fingerprint density at radius 2 is 2.13 bits per heavy atom. The molecule has 0 saturated carbocycles. The summed E-state index contributed by atoms with van der Waals surface area (Å²) in [5.74, 6) is 0. The second-order valence-electron chi connectivity index (χ2n) is 2.93. The van der Waals surface area contributed by atoms with Crippen LogP contribution in [-0.4, -0.2) is 16.5 Å². The van der Waals surface area contributed by atoms with Gasteiger partial charge < -0.3 is 0 Å². The van der Waals surface area contributed by atoms with E-state index in [2.05, 4.69) is 15.9 Å². The maximum atomic E-state index is 10.4. The lowest BCUT2D eigenvalue weighted by Gasteiger charge is -2.20. The molecule has 1 nitrogen and oxygen atoms in total. The van der Waals surface area contributed by atoms with Crippen LogP contribution < -0.4 is 0 Å². The number of aldehydes is 1. The Morgan fingerprint density at radius 1 is 1.53 bits per heavy atom. The molecule has 0 spiro atoms. The number of rotatable bonds is 5. The molecule has 0 unspecified atom stereocenters. The van der Waals surface area contributed by atoms with E-state index in [-0.39, 0.29) is 0 Å². The van der Waals surface area contributed by atoms with Crippen LogP contribution in [0.5, 0.6) is 0 Å². The van der Waals surface area contributed by atoms with E-state index in [1.165, 1.54) is 11.6 Å². The van der Waals surface area contributed by atoms with Crippen molar-refractivity contribution < 1.29 is 4.79 Å². The lowest BCUT2D eigenvalue weighted by atomic mass is 10.1. The molecule has 0 radical (unpaired) electrons. The van der Waals surface area contributed by atoms with Gasteiger partial charge in [-0.2, -0.15) is 0 Å². The lowest BCUT2D eigenvalue weighted by molar-refractivity contribution is -0.104. The van der Waals surface area contributed by atoms with E-state index in [9.17, 15) is 4.79 Å². The fourth-order valence-corrected chi connectivity index (χ4v) is 1.81. The van der Waals surface area contributed by atoms with Gasteiger partial charge >= 0.3 is 0 Å². The Labute approximate surface area is 113 Å². The summed E-state index contributed by atoms with van der Waals surface area (Å²) in [6.07, 6.45) is 5.49. The second kappa shape index (κ2) is 7.50. The van der Waals surface area contributed by atoms with Crippen molar-refractivity contribution in [2.75, 3.05) is 0 Å². The number of alkyl halides is 2. The van der Waals surface area contributed by atoms with Crippen molar-refractivity contribution in [3.63, 3.8) is 0 Å². The normalized spacial score (nSPS) is 19.4. The summed E-state index contributed by atoms with van der Waals surface area (Å²) in [4.78, 5) is 11.3. The Hall–Kier alpha value is 0.240. The average molecular weight is 332 g/mol. The monoisotopic (exact) mass is 330 g/mol. The van der Waals surface area contributed by atoms with E-state index < -0.39 is 10.3 Å². The molecule has 0 amide bonds. The van der Waals surface area contributed by atoms with Crippen LogP contribution in [0.15, 0.2) is 34.3 Å². The number of carbonyl (C=O) groups excluding carboxylic acids is 1. The molecule has 15 heavy (non-hydrogen) atoms. The zero-order chi connectivity index (χ0) is 11.9. The summed E-state index contributed by atoms with van der Waals surface area (Å²) in [6, 6.07) is 0. The van der Waals surface area contributed by atoms with E-state index in [0.717, 1.165) is 0 Å². The third-order valence-electron chi connectivity index (χ3n) is 1.65. The van der Waals surface area contributed by atoms with Crippen LogP contribution in [0.2, 0.25) is 0 Å². The van der Waals surface area contributed by atoms with Gasteiger partial charge in [0.1, 0.15) is 0 Å². The quantitative estimate of drug-likeness (QED) is 0.316. The predicted molar refractivity (Wildman–Crippen MR) is 71.1 cm³/mol. The van der Waals surface area contributed by atoms with Crippen LogP contribution in [0.3, 0.4) is 0 Å². The fourth-order valence-electron chi connectivity index (χ4n) is 0.700. The van der Waals surface area contributed by atoms with Crippen molar-refractivity contribution >= 4 is 57.0 Å². The highest BCUT2D eigenvalue weighted by molar-refractivity contribution is 9.11. The van der Waals surface area contributed by atoms with E-state index in [1.54, 1.807) is 24.1 Å². The minimum absolute atomic E-state index is 0.345. The zero-order valence-corrected chi connectivity index (χ0v) is 11.8. The van der Waals surface area contributed by atoms with E-state index >= 15 is 0 Å². The van der Waals surface area contributed by atoms with Crippen LogP contribution in [0.4, 0.5) is 0 Å². The second-order valence-corrected chi connectivity index (χ2v) is 4.96. The van der Waals surface area contributed by atoms with Gasteiger partial charge in [0.25, 0.3) is 0 Å². The van der Waals surface area contributed by atoms with Gasteiger partial charge in [0.05, 0.1) is 10.3 Å². The van der Waals surface area contributed by atoms with Gasteiger partial charge in [0.2, 0.25) is 0 Å². The molecule has 0 aromatic rings. The van der Waals surface area contributed by atoms with Gasteiger partial charge in [-0.15, -0.1) is 23.2 Å². The Morgan fingerprint density at radius 3 is 2.53 bits per heavy atom. The molecule has 0 fully saturated rings. The van der Waals surface area contributed by atoms with Crippen molar-refractivity contribution in [1.29, 1.82) is 0 Å². The van der Waals surface area contributed by atoms with Gasteiger partial charge in [-0.3, -0.25) is 4.79 Å². The SMILES string of the molecule is C[C@](Cl)(/C=C/Br)[C@@H](Cl)/C=C/C(C=O)=C\Cl. The molecular weight excluding hydrogens is 322 g/mol. The van der Waals surface area contributed by atoms with Gasteiger partial charge in [0, 0.05) is 11.1 Å². The lowest BCUT2D eigenvalue weighted by Crippen LogP contribution is -2.24. The van der Waals surface area contributed by atoms with Crippen molar-refractivity contribution in [3.8, 4) is 0 Å². The minimum Gasteiger partial charge on any atom is -0.298 e. The fraction of sp³-hybridized carbons (Fsp3) is 0.300. The molecule has 0 N–H and O–H groups in total. The van der Waals surface area contributed by atoms with Crippen LogP contribution in [-0.2, 0) is 4.79 Å². The van der Waals surface area contributed by atoms with Crippen molar-refractivity contribution in [2.24, 2.45) is 0 Å². The van der Waals surface area contributed by atoms with Crippen LogP contribution in [0, 0.1) is 0 Å². The molecule has 0 aromatic heterocycles. The molecule has 0 aromatic carbocycles. The smallest absolute Gasteiger partial charge is 0.150 e. The van der Waals surface area contributed by atoms with Gasteiger partial charge in [0.15, 0.2) is 6.29 Å². The van der Waals surface area contributed by atoms with E-state index in [4.69, 9.17) is 34.8 Å². The minimum atomic E-state index is -0.720. The number of allylic oxidation sites excluding steroid dienone is 4. The van der Waals surface area contributed by atoms with Gasteiger partial charge in [-0.05, 0) is 11.9 Å². The third kappa shape index (κ3) is 5.76. The zero-order valence-electron chi connectivity index (χ0n) is 7.96. The first-order chi connectivity index (χ1) is 6.97. The molecule has 0 aliphatic rings. The first kappa shape index (κ1) is 15.2. The number of halogens is 4.